The Morgan fingerprint density at radius 2 is 2.14 bits per heavy atom. The topological polar surface area (TPSA) is 66.2 Å². The molecule has 0 bridgehead atoms. The van der Waals surface area contributed by atoms with Gasteiger partial charge >= 0.3 is 5.97 Å². The largest absolute Gasteiger partial charge is 0.471 e. The molecule has 0 unspecified atom stereocenters. The lowest BCUT2D eigenvalue weighted by Crippen LogP contribution is -2.12. The Labute approximate surface area is 121 Å². The number of hydrogen-bond donors (Lipinski definition) is 0. The van der Waals surface area contributed by atoms with Crippen molar-refractivity contribution in [3.05, 3.63) is 41.6 Å². The molecule has 6 nitrogen and oxygen atoms in total. The standard InChI is InChI=1S/C14H16FN3O3/c1-3-18-12(11(8-17-18)14(19)20-4-2)9-21-13-6-5-10(15)7-16-13/h5-8H,3-4,9H2,1-2H3. The number of pyridine rings is 1. The first kappa shape index (κ1) is 15.0. The predicted molar refractivity (Wildman–Crippen MR) is 72.4 cm³/mol. The Morgan fingerprint density at radius 1 is 1.33 bits per heavy atom. The molecule has 0 saturated heterocycles. The fourth-order valence-corrected chi connectivity index (χ4v) is 1.80. The van der Waals surface area contributed by atoms with Gasteiger partial charge < -0.3 is 9.47 Å². The van der Waals surface area contributed by atoms with E-state index < -0.39 is 11.8 Å². The predicted octanol–water partition coefficient (Wildman–Crippen LogP) is 2.19. The molecule has 0 atom stereocenters. The number of halogens is 1. The SMILES string of the molecule is CCOC(=O)c1cnn(CC)c1COc1ccc(F)cn1. The summed E-state index contributed by atoms with van der Waals surface area (Å²) < 4.78 is 24.9. The Bertz CT molecular complexity index is 610. The van der Waals surface area contributed by atoms with E-state index in [1.807, 2.05) is 6.92 Å². The van der Waals surface area contributed by atoms with Crippen LogP contribution in [0, 0.1) is 5.82 Å². The van der Waals surface area contributed by atoms with Gasteiger partial charge in [-0.2, -0.15) is 5.10 Å². The fraction of sp³-hybridized carbons (Fsp3) is 0.357. The minimum Gasteiger partial charge on any atom is -0.471 e. The first-order valence-corrected chi connectivity index (χ1v) is 6.61. The molecular formula is C14H16FN3O3. The lowest BCUT2D eigenvalue weighted by molar-refractivity contribution is 0.0523. The molecular weight excluding hydrogens is 277 g/mol. The molecule has 0 aliphatic heterocycles. The van der Waals surface area contributed by atoms with Crippen molar-refractivity contribution in [2.45, 2.75) is 27.0 Å². The van der Waals surface area contributed by atoms with Crippen molar-refractivity contribution in [1.29, 1.82) is 0 Å². The summed E-state index contributed by atoms with van der Waals surface area (Å²) in [6.45, 7) is 4.62. The van der Waals surface area contributed by atoms with Crippen LogP contribution in [0.25, 0.3) is 0 Å². The minimum atomic E-state index is -0.442. The van der Waals surface area contributed by atoms with Crippen LogP contribution < -0.4 is 4.74 Å². The summed E-state index contributed by atoms with van der Waals surface area (Å²) in [6, 6.07) is 2.68. The Kier molecular flexibility index (Phi) is 4.86. The van der Waals surface area contributed by atoms with E-state index in [1.54, 1.807) is 11.6 Å². The maximum absolute atomic E-state index is 12.8. The average Bonchev–Trinajstić information content (AvgIpc) is 2.90. The molecule has 0 radical (unpaired) electrons. The van der Waals surface area contributed by atoms with E-state index in [0.717, 1.165) is 6.20 Å². The van der Waals surface area contributed by atoms with E-state index in [9.17, 15) is 9.18 Å². The first-order chi connectivity index (χ1) is 10.2. The molecule has 0 aromatic carbocycles. The van der Waals surface area contributed by atoms with E-state index in [2.05, 4.69) is 10.1 Å². The van der Waals surface area contributed by atoms with Crippen LogP contribution in [0.2, 0.25) is 0 Å². The molecule has 112 valence electrons. The number of hydrogen-bond acceptors (Lipinski definition) is 5. The molecule has 0 aliphatic carbocycles. The zero-order valence-corrected chi connectivity index (χ0v) is 11.9. The van der Waals surface area contributed by atoms with Gasteiger partial charge in [0.15, 0.2) is 0 Å². The summed E-state index contributed by atoms with van der Waals surface area (Å²) in [5.41, 5.74) is 0.961. The molecule has 2 aromatic heterocycles. The fourth-order valence-electron chi connectivity index (χ4n) is 1.80. The van der Waals surface area contributed by atoms with Crippen LogP contribution in [0.4, 0.5) is 4.39 Å². The van der Waals surface area contributed by atoms with E-state index in [4.69, 9.17) is 9.47 Å². The average molecular weight is 293 g/mol. The van der Waals surface area contributed by atoms with Gasteiger partial charge in [-0.05, 0) is 19.9 Å². The van der Waals surface area contributed by atoms with Crippen LogP contribution in [-0.4, -0.2) is 27.3 Å². The highest BCUT2D eigenvalue weighted by atomic mass is 19.1. The van der Waals surface area contributed by atoms with E-state index >= 15 is 0 Å². The van der Waals surface area contributed by atoms with Gasteiger partial charge in [0.05, 0.1) is 24.7 Å². The second kappa shape index (κ2) is 6.83. The Hall–Kier alpha value is -2.44. The maximum Gasteiger partial charge on any atom is 0.341 e. The first-order valence-electron chi connectivity index (χ1n) is 6.61. The molecule has 0 aliphatic rings. The van der Waals surface area contributed by atoms with Gasteiger partial charge in [-0.3, -0.25) is 4.68 Å². The van der Waals surface area contributed by atoms with Crippen LogP contribution >= 0.6 is 0 Å². The summed E-state index contributed by atoms with van der Waals surface area (Å²) in [4.78, 5) is 15.7. The van der Waals surface area contributed by atoms with Crippen LogP contribution in [0.3, 0.4) is 0 Å². The highest BCUT2D eigenvalue weighted by Gasteiger charge is 2.18. The van der Waals surface area contributed by atoms with Gasteiger partial charge in [0.2, 0.25) is 5.88 Å². The van der Waals surface area contributed by atoms with Crippen molar-refractivity contribution in [2.24, 2.45) is 0 Å². The number of rotatable bonds is 6. The minimum absolute atomic E-state index is 0.0978. The Morgan fingerprint density at radius 3 is 2.76 bits per heavy atom. The molecule has 0 saturated carbocycles. The third-order valence-electron chi connectivity index (χ3n) is 2.80. The van der Waals surface area contributed by atoms with Gasteiger partial charge in [-0.25, -0.2) is 14.2 Å². The Balaban J connectivity index is 2.15. The summed E-state index contributed by atoms with van der Waals surface area (Å²) in [5.74, 6) is -0.605. The number of aromatic nitrogens is 3. The van der Waals surface area contributed by atoms with Crippen LogP contribution in [0.15, 0.2) is 24.5 Å². The molecule has 0 amide bonds. The molecule has 0 N–H and O–H groups in total. The number of carbonyl (C=O) groups is 1. The van der Waals surface area contributed by atoms with Gasteiger partial charge in [-0.15, -0.1) is 0 Å². The zero-order valence-electron chi connectivity index (χ0n) is 11.9. The lowest BCUT2D eigenvalue weighted by atomic mass is 10.2. The highest BCUT2D eigenvalue weighted by molar-refractivity contribution is 5.90. The quantitative estimate of drug-likeness (QED) is 0.764. The van der Waals surface area contributed by atoms with Crippen LogP contribution in [0.1, 0.15) is 29.9 Å². The third kappa shape index (κ3) is 3.56. The van der Waals surface area contributed by atoms with E-state index in [0.29, 0.717) is 17.8 Å². The molecule has 2 heterocycles. The van der Waals surface area contributed by atoms with E-state index in [-0.39, 0.29) is 19.1 Å². The van der Waals surface area contributed by atoms with Crippen LogP contribution in [0.5, 0.6) is 5.88 Å². The molecule has 2 rings (SSSR count). The van der Waals surface area contributed by atoms with Crippen molar-refractivity contribution in [3.63, 3.8) is 0 Å². The lowest BCUT2D eigenvalue weighted by Gasteiger charge is -2.09. The summed E-state index contributed by atoms with van der Waals surface area (Å²) >= 11 is 0. The molecule has 2 aromatic rings. The number of esters is 1. The zero-order chi connectivity index (χ0) is 15.2. The normalized spacial score (nSPS) is 10.4. The summed E-state index contributed by atoms with van der Waals surface area (Å²) in [6.07, 6.45) is 2.52. The smallest absolute Gasteiger partial charge is 0.341 e. The highest BCUT2D eigenvalue weighted by Crippen LogP contribution is 2.14. The van der Waals surface area contributed by atoms with Crippen molar-refractivity contribution >= 4 is 5.97 Å². The molecule has 0 fully saturated rings. The van der Waals surface area contributed by atoms with Crippen LogP contribution in [-0.2, 0) is 17.9 Å². The van der Waals surface area contributed by atoms with Crippen molar-refractivity contribution in [1.82, 2.24) is 14.8 Å². The van der Waals surface area contributed by atoms with Crippen molar-refractivity contribution in [3.8, 4) is 5.88 Å². The van der Waals surface area contributed by atoms with Crippen molar-refractivity contribution in [2.75, 3.05) is 6.61 Å². The maximum atomic E-state index is 12.8. The molecule has 7 heteroatoms. The monoisotopic (exact) mass is 293 g/mol. The van der Waals surface area contributed by atoms with E-state index in [1.165, 1.54) is 18.3 Å². The molecule has 0 spiro atoms. The second-order valence-corrected chi connectivity index (χ2v) is 4.14. The number of nitrogens with zero attached hydrogens (tertiary/aromatic N) is 3. The number of carbonyl (C=O) groups excluding carboxylic acids is 1. The third-order valence-corrected chi connectivity index (χ3v) is 2.80. The second-order valence-electron chi connectivity index (χ2n) is 4.14. The summed E-state index contributed by atoms with van der Waals surface area (Å²) in [7, 11) is 0. The van der Waals surface area contributed by atoms with Crippen molar-refractivity contribution < 1.29 is 18.7 Å². The summed E-state index contributed by atoms with van der Waals surface area (Å²) in [5, 5.41) is 4.12. The number of aryl methyl sites for hydroxylation is 1. The number of ether oxygens (including phenoxy) is 2. The molecule has 21 heavy (non-hydrogen) atoms. The van der Waals surface area contributed by atoms with Gasteiger partial charge in [0, 0.05) is 12.6 Å². The van der Waals surface area contributed by atoms with Gasteiger partial charge in [0.25, 0.3) is 0 Å². The van der Waals surface area contributed by atoms with Gasteiger partial charge in [-0.1, -0.05) is 0 Å². The van der Waals surface area contributed by atoms with Gasteiger partial charge in [0.1, 0.15) is 18.0 Å².